The highest BCUT2D eigenvalue weighted by atomic mass is 35.5. The van der Waals surface area contributed by atoms with E-state index in [0.717, 1.165) is 6.42 Å². The van der Waals surface area contributed by atoms with Gasteiger partial charge in [-0.05, 0) is 18.6 Å². The summed E-state index contributed by atoms with van der Waals surface area (Å²) in [6, 6.07) is 3.08. The summed E-state index contributed by atoms with van der Waals surface area (Å²) in [5.74, 6) is -0.0589. The zero-order valence-electron chi connectivity index (χ0n) is 9.69. The summed E-state index contributed by atoms with van der Waals surface area (Å²) < 4.78 is 0. The largest absolute Gasteiger partial charge is 0.395 e. The number of carbonyl (C=O) groups is 1. The molecular formula is C11H16ClN3O2. The highest BCUT2D eigenvalue weighted by Gasteiger charge is 2.19. The lowest BCUT2D eigenvalue weighted by Gasteiger charge is -2.21. The van der Waals surface area contributed by atoms with Gasteiger partial charge < -0.3 is 15.7 Å². The number of aliphatic hydroxyl groups excluding tert-OH is 1. The van der Waals surface area contributed by atoms with Gasteiger partial charge in [-0.1, -0.05) is 18.5 Å². The van der Waals surface area contributed by atoms with E-state index in [-0.39, 0.29) is 35.6 Å². The number of nitrogens with two attached hydrogens (primary N) is 1. The number of nitrogens with zero attached hydrogens (tertiary/aromatic N) is 2. The molecule has 6 heteroatoms. The van der Waals surface area contributed by atoms with Crippen molar-refractivity contribution >= 4 is 23.3 Å². The van der Waals surface area contributed by atoms with Crippen LogP contribution in [0.1, 0.15) is 23.8 Å². The topological polar surface area (TPSA) is 79.5 Å². The number of hydrogen-bond donors (Lipinski definition) is 2. The highest BCUT2D eigenvalue weighted by molar-refractivity contribution is 6.33. The third-order valence-corrected chi connectivity index (χ3v) is 2.53. The van der Waals surface area contributed by atoms with Crippen molar-refractivity contribution in [1.29, 1.82) is 0 Å². The first-order chi connectivity index (χ1) is 8.10. The third kappa shape index (κ3) is 3.57. The van der Waals surface area contributed by atoms with Gasteiger partial charge in [-0.3, -0.25) is 4.79 Å². The van der Waals surface area contributed by atoms with Gasteiger partial charge in [0.2, 0.25) is 0 Å². The number of rotatable bonds is 5. The van der Waals surface area contributed by atoms with Crippen molar-refractivity contribution in [3.8, 4) is 0 Å². The smallest absolute Gasteiger partial charge is 0.274 e. The molecule has 1 heterocycles. The molecule has 0 unspecified atom stereocenters. The van der Waals surface area contributed by atoms with Crippen LogP contribution >= 0.6 is 11.6 Å². The Kier molecular flexibility index (Phi) is 5.18. The summed E-state index contributed by atoms with van der Waals surface area (Å²) >= 11 is 5.91. The lowest BCUT2D eigenvalue weighted by molar-refractivity contribution is 0.0716. The number of aliphatic hydroxyl groups is 1. The Morgan fingerprint density at radius 3 is 2.82 bits per heavy atom. The van der Waals surface area contributed by atoms with Crippen LogP contribution in [0, 0.1) is 0 Å². The molecule has 0 radical (unpaired) electrons. The van der Waals surface area contributed by atoms with E-state index < -0.39 is 0 Å². The van der Waals surface area contributed by atoms with Gasteiger partial charge in [-0.2, -0.15) is 0 Å². The Bertz CT molecular complexity index is 392. The Labute approximate surface area is 105 Å². The van der Waals surface area contributed by atoms with Crippen LogP contribution in [0.5, 0.6) is 0 Å². The summed E-state index contributed by atoms with van der Waals surface area (Å²) in [5, 5.41) is 9.18. The summed E-state index contributed by atoms with van der Waals surface area (Å²) in [7, 11) is 0. The van der Waals surface area contributed by atoms with E-state index in [0.29, 0.717) is 6.54 Å². The maximum absolute atomic E-state index is 12.1. The van der Waals surface area contributed by atoms with Gasteiger partial charge in [0.05, 0.1) is 11.6 Å². The van der Waals surface area contributed by atoms with Crippen molar-refractivity contribution in [3.63, 3.8) is 0 Å². The Hall–Kier alpha value is -1.33. The Balaban J connectivity index is 2.95. The molecule has 1 rings (SSSR count). The molecule has 1 aromatic rings. The molecular weight excluding hydrogens is 242 g/mol. The van der Waals surface area contributed by atoms with E-state index in [1.54, 1.807) is 6.07 Å². The van der Waals surface area contributed by atoms with Gasteiger partial charge >= 0.3 is 0 Å². The second-order valence-corrected chi connectivity index (χ2v) is 3.99. The van der Waals surface area contributed by atoms with Crippen LogP contribution in [0.2, 0.25) is 5.02 Å². The molecule has 0 bridgehead atoms. The van der Waals surface area contributed by atoms with Crippen LogP contribution in [-0.2, 0) is 0 Å². The molecule has 94 valence electrons. The molecule has 3 N–H and O–H groups in total. The number of carbonyl (C=O) groups excluding carboxylic acids is 1. The first-order valence-electron chi connectivity index (χ1n) is 5.42. The molecule has 0 fully saturated rings. The summed E-state index contributed by atoms with van der Waals surface area (Å²) in [6.07, 6.45) is 0.797. The van der Waals surface area contributed by atoms with Crippen molar-refractivity contribution in [2.75, 3.05) is 25.4 Å². The second kappa shape index (κ2) is 6.42. The minimum absolute atomic E-state index is 0.0916. The first kappa shape index (κ1) is 13.7. The third-order valence-electron chi connectivity index (χ3n) is 2.22. The maximum atomic E-state index is 12.1. The zero-order valence-corrected chi connectivity index (χ0v) is 10.4. The number of nitrogen functional groups attached to an aromatic ring is 1. The summed E-state index contributed by atoms with van der Waals surface area (Å²) in [6.45, 7) is 2.67. The zero-order chi connectivity index (χ0) is 12.8. The van der Waals surface area contributed by atoms with E-state index >= 15 is 0 Å². The minimum atomic E-state index is -0.307. The van der Waals surface area contributed by atoms with Crippen LogP contribution in [0.4, 0.5) is 5.82 Å². The van der Waals surface area contributed by atoms with Crippen molar-refractivity contribution in [2.45, 2.75) is 13.3 Å². The fourth-order valence-electron chi connectivity index (χ4n) is 1.46. The average Bonchev–Trinajstić information content (AvgIpc) is 2.31. The molecule has 0 spiro atoms. The predicted molar refractivity (Wildman–Crippen MR) is 66.9 cm³/mol. The fourth-order valence-corrected chi connectivity index (χ4v) is 1.65. The summed E-state index contributed by atoms with van der Waals surface area (Å²) in [5.41, 5.74) is 5.66. The van der Waals surface area contributed by atoms with Gasteiger partial charge in [-0.25, -0.2) is 4.98 Å². The second-order valence-electron chi connectivity index (χ2n) is 3.58. The van der Waals surface area contributed by atoms with Crippen LogP contribution in [0.25, 0.3) is 0 Å². The molecule has 0 aliphatic rings. The molecule has 17 heavy (non-hydrogen) atoms. The number of aromatic nitrogens is 1. The number of hydrogen-bond acceptors (Lipinski definition) is 4. The monoisotopic (exact) mass is 257 g/mol. The van der Waals surface area contributed by atoms with Crippen molar-refractivity contribution in [3.05, 3.63) is 22.8 Å². The van der Waals surface area contributed by atoms with Crippen LogP contribution in [0.15, 0.2) is 12.1 Å². The van der Waals surface area contributed by atoms with Crippen LogP contribution in [-0.4, -0.2) is 40.6 Å². The maximum Gasteiger partial charge on any atom is 0.274 e. The van der Waals surface area contributed by atoms with E-state index in [1.807, 2.05) is 6.92 Å². The normalized spacial score (nSPS) is 10.3. The van der Waals surface area contributed by atoms with Crippen molar-refractivity contribution in [1.82, 2.24) is 9.88 Å². The number of anilines is 1. The molecule has 1 aromatic heterocycles. The van der Waals surface area contributed by atoms with Gasteiger partial charge in [0.25, 0.3) is 5.91 Å². The molecule has 0 aliphatic carbocycles. The van der Waals surface area contributed by atoms with Gasteiger partial charge in [0.15, 0.2) is 0 Å². The minimum Gasteiger partial charge on any atom is -0.395 e. The molecule has 0 saturated carbocycles. The van der Waals surface area contributed by atoms with Crippen LogP contribution < -0.4 is 5.73 Å². The quantitative estimate of drug-likeness (QED) is 0.830. The highest BCUT2D eigenvalue weighted by Crippen LogP contribution is 2.17. The molecule has 1 amide bonds. The molecule has 0 aliphatic heterocycles. The van der Waals surface area contributed by atoms with E-state index in [9.17, 15) is 4.79 Å². The van der Waals surface area contributed by atoms with Crippen LogP contribution in [0.3, 0.4) is 0 Å². The molecule has 0 saturated heterocycles. The van der Waals surface area contributed by atoms with E-state index in [2.05, 4.69) is 4.98 Å². The Morgan fingerprint density at radius 2 is 2.24 bits per heavy atom. The number of amides is 1. The molecule has 0 aromatic carbocycles. The first-order valence-corrected chi connectivity index (χ1v) is 5.80. The predicted octanol–water partition coefficient (Wildman–Crippen LogP) is 1.16. The van der Waals surface area contributed by atoms with Gasteiger partial charge in [0.1, 0.15) is 11.5 Å². The standard InChI is InChI=1S/C11H16ClN3O2/c1-2-5-15(6-7-16)11(17)10-8(12)3-4-9(13)14-10/h3-4,16H,2,5-7H2,1H3,(H2,13,14). The van der Waals surface area contributed by atoms with E-state index in [4.69, 9.17) is 22.4 Å². The van der Waals surface area contributed by atoms with Gasteiger partial charge in [-0.15, -0.1) is 0 Å². The lowest BCUT2D eigenvalue weighted by Crippen LogP contribution is -2.35. The fraction of sp³-hybridized carbons (Fsp3) is 0.455. The van der Waals surface area contributed by atoms with Crippen molar-refractivity contribution in [2.24, 2.45) is 0 Å². The number of pyridine rings is 1. The van der Waals surface area contributed by atoms with Gasteiger partial charge in [0, 0.05) is 13.1 Å². The van der Waals surface area contributed by atoms with E-state index in [1.165, 1.54) is 11.0 Å². The number of halogens is 1. The SMILES string of the molecule is CCCN(CCO)C(=O)c1nc(N)ccc1Cl. The average molecular weight is 258 g/mol. The summed E-state index contributed by atoms with van der Waals surface area (Å²) in [4.78, 5) is 17.5. The molecule has 0 atom stereocenters. The lowest BCUT2D eigenvalue weighted by atomic mass is 10.3. The van der Waals surface area contributed by atoms with Crippen molar-refractivity contribution < 1.29 is 9.90 Å². The Morgan fingerprint density at radius 1 is 1.53 bits per heavy atom. The molecule has 5 nitrogen and oxygen atoms in total.